The first-order chi connectivity index (χ1) is 10.3. The van der Waals surface area contributed by atoms with Crippen molar-refractivity contribution in [1.29, 1.82) is 0 Å². The number of carbonyl (C=O) groups is 1. The molecular weight excluding hydrogens is 280 g/mol. The van der Waals surface area contributed by atoms with Crippen molar-refractivity contribution in [1.82, 2.24) is 5.32 Å². The van der Waals surface area contributed by atoms with Crippen molar-refractivity contribution in [3.8, 4) is 0 Å². The summed E-state index contributed by atoms with van der Waals surface area (Å²) in [4.78, 5) is 11.9. The first-order valence-electron chi connectivity index (χ1n) is 6.94. The Morgan fingerprint density at radius 2 is 1.57 bits per heavy atom. The van der Waals surface area contributed by atoms with Crippen molar-refractivity contribution in [3.05, 3.63) is 71.8 Å². The van der Waals surface area contributed by atoms with E-state index < -0.39 is 6.04 Å². The molecular formula is C17H20N2OS. The highest BCUT2D eigenvalue weighted by Crippen LogP contribution is 2.12. The molecule has 2 aromatic carbocycles. The van der Waals surface area contributed by atoms with Gasteiger partial charge in [0, 0.05) is 18.1 Å². The van der Waals surface area contributed by atoms with Gasteiger partial charge >= 0.3 is 0 Å². The van der Waals surface area contributed by atoms with Crippen LogP contribution in [0.2, 0.25) is 0 Å². The van der Waals surface area contributed by atoms with Gasteiger partial charge in [-0.2, -0.15) is 11.8 Å². The second-order valence-corrected chi connectivity index (χ2v) is 5.84. The van der Waals surface area contributed by atoms with E-state index in [0.29, 0.717) is 12.3 Å². The summed E-state index contributed by atoms with van der Waals surface area (Å²) in [6, 6.07) is 19.5. The average Bonchev–Trinajstić information content (AvgIpc) is 2.54. The zero-order chi connectivity index (χ0) is 14.9. The fourth-order valence-corrected chi connectivity index (χ4v) is 2.82. The van der Waals surface area contributed by atoms with Crippen molar-refractivity contribution < 1.29 is 4.79 Å². The first kappa shape index (κ1) is 15.6. The molecule has 0 aliphatic rings. The maximum atomic E-state index is 11.9. The lowest BCUT2D eigenvalue weighted by molar-refractivity contribution is -0.122. The van der Waals surface area contributed by atoms with Gasteiger partial charge in [-0.25, -0.2) is 0 Å². The van der Waals surface area contributed by atoms with Gasteiger partial charge in [-0.1, -0.05) is 60.7 Å². The minimum absolute atomic E-state index is 0.0978. The van der Waals surface area contributed by atoms with Gasteiger partial charge in [0.15, 0.2) is 0 Å². The van der Waals surface area contributed by atoms with Crippen molar-refractivity contribution in [2.24, 2.45) is 5.73 Å². The zero-order valence-electron chi connectivity index (χ0n) is 11.9. The van der Waals surface area contributed by atoms with Crippen molar-refractivity contribution in [2.45, 2.75) is 18.3 Å². The number of thioether (sulfide) groups is 1. The Balaban J connectivity index is 1.68. The third-order valence-electron chi connectivity index (χ3n) is 3.06. The normalized spacial score (nSPS) is 11.9. The summed E-state index contributed by atoms with van der Waals surface area (Å²) in [6.45, 7) is 0.525. The van der Waals surface area contributed by atoms with E-state index in [9.17, 15) is 4.79 Å². The maximum absolute atomic E-state index is 11.9. The van der Waals surface area contributed by atoms with Crippen LogP contribution in [0.1, 0.15) is 11.1 Å². The summed E-state index contributed by atoms with van der Waals surface area (Å²) in [5.74, 6) is 1.40. The third-order valence-corrected chi connectivity index (χ3v) is 4.19. The summed E-state index contributed by atoms with van der Waals surface area (Å²) >= 11 is 1.68. The van der Waals surface area contributed by atoms with Gasteiger partial charge in [0.2, 0.25) is 5.91 Å². The molecule has 2 rings (SSSR count). The summed E-state index contributed by atoms with van der Waals surface area (Å²) in [7, 11) is 0. The molecule has 0 fully saturated rings. The molecule has 0 heterocycles. The largest absolute Gasteiger partial charge is 0.351 e. The Bertz CT molecular complexity index is 545. The minimum Gasteiger partial charge on any atom is -0.351 e. The highest BCUT2D eigenvalue weighted by atomic mass is 32.2. The van der Waals surface area contributed by atoms with Crippen LogP contribution in [0.25, 0.3) is 0 Å². The first-order valence-corrected chi connectivity index (χ1v) is 8.10. The van der Waals surface area contributed by atoms with E-state index in [1.165, 1.54) is 5.56 Å². The molecule has 0 aliphatic carbocycles. The third kappa shape index (κ3) is 5.61. The van der Waals surface area contributed by atoms with E-state index >= 15 is 0 Å². The lowest BCUT2D eigenvalue weighted by Crippen LogP contribution is -2.41. The van der Waals surface area contributed by atoms with E-state index in [-0.39, 0.29) is 5.91 Å². The number of benzene rings is 2. The Hall–Kier alpha value is -1.78. The Kier molecular flexibility index (Phi) is 6.31. The van der Waals surface area contributed by atoms with Crippen LogP contribution in [0.4, 0.5) is 0 Å². The number of rotatable bonds is 7. The highest BCUT2D eigenvalue weighted by molar-refractivity contribution is 7.98. The van der Waals surface area contributed by atoms with Gasteiger partial charge in [0.25, 0.3) is 0 Å². The summed E-state index contributed by atoms with van der Waals surface area (Å²) < 4.78 is 0. The molecule has 110 valence electrons. The predicted octanol–water partition coefficient (Wildman–Crippen LogP) is 2.56. The molecule has 1 unspecified atom stereocenters. The van der Waals surface area contributed by atoms with Gasteiger partial charge in [-0.15, -0.1) is 0 Å². The van der Waals surface area contributed by atoms with E-state index in [4.69, 9.17) is 5.73 Å². The molecule has 1 atom stereocenters. The van der Waals surface area contributed by atoms with Crippen LogP contribution in [0.15, 0.2) is 60.7 Å². The Labute approximate surface area is 129 Å². The van der Waals surface area contributed by atoms with Crippen LogP contribution in [-0.4, -0.2) is 17.7 Å². The molecule has 21 heavy (non-hydrogen) atoms. The van der Waals surface area contributed by atoms with Crippen LogP contribution in [0, 0.1) is 0 Å². The van der Waals surface area contributed by atoms with Gasteiger partial charge in [0.1, 0.15) is 0 Å². The fraction of sp³-hybridized carbons (Fsp3) is 0.235. The molecule has 0 saturated carbocycles. The van der Waals surface area contributed by atoms with Crippen LogP contribution in [-0.2, 0) is 17.1 Å². The summed E-state index contributed by atoms with van der Waals surface area (Å²) in [5.41, 5.74) is 8.24. The van der Waals surface area contributed by atoms with Crippen LogP contribution in [0.5, 0.6) is 0 Å². The molecule has 4 heteroatoms. The smallest absolute Gasteiger partial charge is 0.238 e. The summed E-state index contributed by atoms with van der Waals surface area (Å²) in [5, 5.41) is 2.87. The number of hydrogen-bond donors (Lipinski definition) is 2. The van der Waals surface area contributed by atoms with Crippen molar-refractivity contribution in [2.75, 3.05) is 5.75 Å². The van der Waals surface area contributed by atoms with E-state index in [1.54, 1.807) is 11.8 Å². The molecule has 0 aliphatic heterocycles. The Morgan fingerprint density at radius 1 is 1.00 bits per heavy atom. The topological polar surface area (TPSA) is 55.1 Å². The second-order valence-electron chi connectivity index (χ2n) is 4.81. The predicted molar refractivity (Wildman–Crippen MR) is 88.9 cm³/mol. The molecule has 3 nitrogen and oxygen atoms in total. The van der Waals surface area contributed by atoms with Crippen LogP contribution >= 0.6 is 11.8 Å². The Morgan fingerprint density at radius 3 is 2.19 bits per heavy atom. The van der Waals surface area contributed by atoms with Gasteiger partial charge < -0.3 is 11.1 Å². The van der Waals surface area contributed by atoms with E-state index in [2.05, 4.69) is 17.4 Å². The maximum Gasteiger partial charge on any atom is 0.238 e. The van der Waals surface area contributed by atoms with Crippen molar-refractivity contribution in [3.63, 3.8) is 0 Å². The zero-order valence-corrected chi connectivity index (χ0v) is 12.7. The monoisotopic (exact) mass is 300 g/mol. The number of hydrogen-bond acceptors (Lipinski definition) is 3. The van der Waals surface area contributed by atoms with E-state index in [1.807, 2.05) is 48.5 Å². The number of nitrogens with one attached hydrogen (secondary N) is 1. The standard InChI is InChI=1S/C17H20N2OS/c18-16(13-21-12-15-9-5-2-6-10-15)17(20)19-11-14-7-3-1-4-8-14/h1-10,16H,11-13,18H2,(H,19,20). The molecule has 3 N–H and O–H groups in total. The molecule has 0 aromatic heterocycles. The highest BCUT2D eigenvalue weighted by Gasteiger charge is 2.12. The number of amides is 1. The number of carbonyl (C=O) groups excluding carboxylic acids is 1. The molecule has 0 spiro atoms. The van der Waals surface area contributed by atoms with E-state index in [0.717, 1.165) is 11.3 Å². The molecule has 0 radical (unpaired) electrons. The number of nitrogens with two attached hydrogens (primary N) is 1. The molecule has 0 saturated heterocycles. The van der Waals surface area contributed by atoms with Crippen LogP contribution in [0.3, 0.4) is 0 Å². The summed E-state index contributed by atoms with van der Waals surface area (Å²) in [6.07, 6.45) is 0. The average molecular weight is 300 g/mol. The minimum atomic E-state index is -0.470. The molecule has 1 amide bonds. The lowest BCUT2D eigenvalue weighted by atomic mass is 10.2. The van der Waals surface area contributed by atoms with Crippen LogP contribution < -0.4 is 11.1 Å². The quantitative estimate of drug-likeness (QED) is 0.826. The molecule has 0 bridgehead atoms. The second kappa shape index (κ2) is 8.49. The molecule has 2 aromatic rings. The van der Waals surface area contributed by atoms with Gasteiger partial charge in [-0.3, -0.25) is 4.79 Å². The SMILES string of the molecule is NC(CSCc1ccccc1)C(=O)NCc1ccccc1. The fourth-order valence-electron chi connectivity index (χ4n) is 1.87. The van der Waals surface area contributed by atoms with Gasteiger partial charge in [0.05, 0.1) is 6.04 Å². The van der Waals surface area contributed by atoms with Crippen molar-refractivity contribution >= 4 is 17.7 Å². The lowest BCUT2D eigenvalue weighted by Gasteiger charge is -2.12. The van der Waals surface area contributed by atoms with Gasteiger partial charge in [-0.05, 0) is 11.1 Å².